The van der Waals surface area contributed by atoms with Crippen molar-refractivity contribution in [2.24, 2.45) is 0 Å². The summed E-state index contributed by atoms with van der Waals surface area (Å²) in [6, 6.07) is 4.84. The number of halogens is 2. The van der Waals surface area contributed by atoms with Crippen LogP contribution in [0.2, 0.25) is 5.02 Å². The fourth-order valence-electron chi connectivity index (χ4n) is 2.00. The lowest BCUT2D eigenvalue weighted by Crippen LogP contribution is -2.32. The Balaban J connectivity index is 2.47. The molecule has 0 aliphatic rings. The number of rotatable bonds is 10. The van der Waals surface area contributed by atoms with Gasteiger partial charge in [0.15, 0.2) is 0 Å². The third-order valence-electron chi connectivity index (χ3n) is 3.01. The molecule has 0 spiro atoms. The van der Waals surface area contributed by atoms with Crippen LogP contribution < -0.4 is 5.32 Å². The molecule has 114 valence electrons. The number of likely N-dealkylation sites (N-methyl/N-ethyl adjacent to an activating group) is 1. The fraction of sp³-hybridized carbons (Fsp3) is 0.600. The molecule has 1 rings (SSSR count). The zero-order valence-electron chi connectivity index (χ0n) is 12.1. The van der Waals surface area contributed by atoms with Crippen LogP contribution >= 0.6 is 11.6 Å². The molecule has 0 bridgehead atoms. The molecular weight excluding hydrogens is 281 g/mol. The molecule has 0 fully saturated rings. The van der Waals surface area contributed by atoms with Gasteiger partial charge in [-0.2, -0.15) is 0 Å². The third-order valence-corrected chi connectivity index (χ3v) is 3.24. The molecule has 1 aromatic rings. The van der Waals surface area contributed by atoms with E-state index in [-0.39, 0.29) is 11.9 Å². The van der Waals surface area contributed by atoms with Crippen LogP contribution in [0.25, 0.3) is 0 Å². The van der Waals surface area contributed by atoms with Crippen LogP contribution in [0.3, 0.4) is 0 Å². The van der Waals surface area contributed by atoms with Crippen LogP contribution in [-0.4, -0.2) is 39.5 Å². The van der Waals surface area contributed by atoms with Gasteiger partial charge in [0.25, 0.3) is 0 Å². The summed E-state index contributed by atoms with van der Waals surface area (Å²) in [7, 11) is 1.65. The van der Waals surface area contributed by atoms with E-state index in [1.807, 2.05) is 6.92 Å². The lowest BCUT2D eigenvalue weighted by molar-refractivity contribution is 0.0658. The van der Waals surface area contributed by atoms with Crippen molar-refractivity contribution in [1.82, 2.24) is 5.32 Å². The van der Waals surface area contributed by atoms with E-state index in [0.29, 0.717) is 36.8 Å². The Morgan fingerprint density at radius 2 is 2.10 bits per heavy atom. The topological polar surface area (TPSA) is 30.5 Å². The monoisotopic (exact) mass is 303 g/mol. The first-order valence-electron chi connectivity index (χ1n) is 6.91. The summed E-state index contributed by atoms with van der Waals surface area (Å²) in [4.78, 5) is 0. The van der Waals surface area contributed by atoms with Crippen molar-refractivity contribution < 1.29 is 13.9 Å². The van der Waals surface area contributed by atoms with Gasteiger partial charge in [0.2, 0.25) is 0 Å². The first kappa shape index (κ1) is 17.4. The SMILES string of the molecule is CCNC(CCOCCOC)Cc1cc(Cl)ccc1F. The van der Waals surface area contributed by atoms with Gasteiger partial charge in [-0.1, -0.05) is 18.5 Å². The molecule has 1 N–H and O–H groups in total. The predicted molar refractivity (Wildman–Crippen MR) is 79.9 cm³/mol. The molecule has 1 atom stereocenters. The van der Waals surface area contributed by atoms with Crippen molar-refractivity contribution in [1.29, 1.82) is 0 Å². The maximum Gasteiger partial charge on any atom is 0.126 e. The normalized spacial score (nSPS) is 12.6. The molecule has 0 heterocycles. The van der Waals surface area contributed by atoms with Crippen LogP contribution in [0.1, 0.15) is 18.9 Å². The maximum atomic E-state index is 13.7. The highest BCUT2D eigenvalue weighted by atomic mass is 35.5. The van der Waals surface area contributed by atoms with E-state index < -0.39 is 0 Å². The van der Waals surface area contributed by atoms with E-state index in [9.17, 15) is 4.39 Å². The standard InChI is InChI=1S/C15H23ClFNO2/c1-3-18-14(6-7-20-9-8-19-2)11-12-10-13(16)4-5-15(12)17/h4-5,10,14,18H,3,6-9,11H2,1-2H3. The number of hydrogen-bond donors (Lipinski definition) is 1. The van der Waals surface area contributed by atoms with Crippen molar-refractivity contribution >= 4 is 11.6 Å². The zero-order chi connectivity index (χ0) is 14.8. The minimum atomic E-state index is -0.211. The minimum absolute atomic E-state index is 0.176. The largest absolute Gasteiger partial charge is 0.382 e. The number of nitrogens with one attached hydrogen (secondary N) is 1. The van der Waals surface area contributed by atoms with Gasteiger partial charge >= 0.3 is 0 Å². The summed E-state index contributed by atoms with van der Waals surface area (Å²) in [6.45, 7) is 4.68. The highest BCUT2D eigenvalue weighted by Crippen LogP contribution is 2.17. The summed E-state index contributed by atoms with van der Waals surface area (Å²) in [5, 5.41) is 3.91. The van der Waals surface area contributed by atoms with Gasteiger partial charge in [0.1, 0.15) is 5.82 Å². The number of hydrogen-bond acceptors (Lipinski definition) is 3. The Bertz CT molecular complexity index is 390. The van der Waals surface area contributed by atoms with Gasteiger partial charge < -0.3 is 14.8 Å². The minimum Gasteiger partial charge on any atom is -0.382 e. The molecule has 0 aliphatic carbocycles. The second kappa shape index (κ2) is 10.1. The third kappa shape index (κ3) is 6.66. The number of ether oxygens (including phenoxy) is 2. The fourth-order valence-corrected chi connectivity index (χ4v) is 2.19. The van der Waals surface area contributed by atoms with Crippen molar-refractivity contribution in [2.75, 3.05) is 33.5 Å². The summed E-state index contributed by atoms with van der Waals surface area (Å²) >= 11 is 5.91. The molecule has 3 nitrogen and oxygen atoms in total. The number of methoxy groups -OCH3 is 1. The summed E-state index contributed by atoms with van der Waals surface area (Å²) in [5.74, 6) is -0.211. The van der Waals surface area contributed by atoms with E-state index >= 15 is 0 Å². The molecule has 5 heteroatoms. The average molecular weight is 304 g/mol. The average Bonchev–Trinajstić information content (AvgIpc) is 2.42. The predicted octanol–water partition coefficient (Wildman–Crippen LogP) is 3.05. The lowest BCUT2D eigenvalue weighted by atomic mass is 10.0. The molecule has 0 saturated heterocycles. The Kier molecular flexibility index (Phi) is 8.78. The summed E-state index contributed by atoms with van der Waals surface area (Å²) < 4.78 is 24.1. The molecule has 20 heavy (non-hydrogen) atoms. The molecule has 0 aliphatic heterocycles. The maximum absolute atomic E-state index is 13.7. The quantitative estimate of drug-likeness (QED) is 0.674. The van der Waals surface area contributed by atoms with Gasteiger partial charge in [-0.25, -0.2) is 4.39 Å². The van der Waals surface area contributed by atoms with Gasteiger partial charge in [-0.3, -0.25) is 0 Å². The van der Waals surface area contributed by atoms with Gasteiger partial charge in [-0.15, -0.1) is 0 Å². The molecular formula is C15H23ClFNO2. The van der Waals surface area contributed by atoms with Crippen LogP contribution in [0, 0.1) is 5.82 Å². The first-order valence-corrected chi connectivity index (χ1v) is 7.29. The van der Waals surface area contributed by atoms with E-state index in [0.717, 1.165) is 13.0 Å². The molecule has 1 aromatic carbocycles. The Morgan fingerprint density at radius 1 is 1.30 bits per heavy atom. The second-order valence-electron chi connectivity index (χ2n) is 4.59. The Morgan fingerprint density at radius 3 is 2.80 bits per heavy atom. The molecule has 0 amide bonds. The van der Waals surface area contributed by atoms with Crippen molar-refractivity contribution in [3.8, 4) is 0 Å². The summed E-state index contributed by atoms with van der Waals surface area (Å²) in [6.07, 6.45) is 1.43. The van der Waals surface area contributed by atoms with E-state index in [4.69, 9.17) is 21.1 Å². The van der Waals surface area contributed by atoms with Gasteiger partial charge in [0, 0.05) is 24.8 Å². The van der Waals surface area contributed by atoms with Crippen molar-refractivity contribution in [2.45, 2.75) is 25.8 Å². The van der Waals surface area contributed by atoms with E-state index in [1.54, 1.807) is 19.2 Å². The van der Waals surface area contributed by atoms with Crippen LogP contribution in [0.15, 0.2) is 18.2 Å². The van der Waals surface area contributed by atoms with Crippen LogP contribution in [0.5, 0.6) is 0 Å². The molecule has 0 saturated carbocycles. The van der Waals surface area contributed by atoms with Gasteiger partial charge in [-0.05, 0) is 43.1 Å². The molecule has 0 radical (unpaired) electrons. The molecule has 1 unspecified atom stereocenters. The zero-order valence-corrected chi connectivity index (χ0v) is 12.9. The highest BCUT2D eigenvalue weighted by molar-refractivity contribution is 6.30. The van der Waals surface area contributed by atoms with Crippen molar-refractivity contribution in [3.05, 3.63) is 34.6 Å². The van der Waals surface area contributed by atoms with E-state index in [1.165, 1.54) is 6.07 Å². The lowest BCUT2D eigenvalue weighted by Gasteiger charge is -2.18. The van der Waals surface area contributed by atoms with Crippen LogP contribution in [-0.2, 0) is 15.9 Å². The van der Waals surface area contributed by atoms with Crippen LogP contribution in [0.4, 0.5) is 4.39 Å². The van der Waals surface area contributed by atoms with E-state index in [2.05, 4.69) is 5.32 Å². The Hall–Kier alpha value is -0.680. The first-order chi connectivity index (χ1) is 9.67. The van der Waals surface area contributed by atoms with Crippen molar-refractivity contribution in [3.63, 3.8) is 0 Å². The van der Waals surface area contributed by atoms with Gasteiger partial charge in [0.05, 0.1) is 13.2 Å². The highest BCUT2D eigenvalue weighted by Gasteiger charge is 2.12. The summed E-state index contributed by atoms with van der Waals surface area (Å²) in [5.41, 5.74) is 0.639. The smallest absolute Gasteiger partial charge is 0.126 e. The Labute approximate surface area is 125 Å². The molecule has 0 aromatic heterocycles. The number of benzene rings is 1. The second-order valence-corrected chi connectivity index (χ2v) is 5.02.